The van der Waals surface area contributed by atoms with Crippen molar-refractivity contribution in [3.05, 3.63) is 52.8 Å². The Morgan fingerprint density at radius 1 is 1.17 bits per heavy atom. The molecule has 0 saturated carbocycles. The van der Waals surface area contributed by atoms with E-state index in [0.29, 0.717) is 5.69 Å². The summed E-state index contributed by atoms with van der Waals surface area (Å²) in [6, 6.07) is 6.97. The molecule has 2 aromatic heterocycles. The van der Waals surface area contributed by atoms with Crippen molar-refractivity contribution < 1.29 is 13.6 Å². The minimum Gasteiger partial charge on any atom is -0.294 e. The maximum absolute atomic E-state index is 13.4. The number of alkyl halides is 2. The number of rotatable bonds is 3. The Hall–Kier alpha value is -2.63. The van der Waals surface area contributed by atoms with Gasteiger partial charge in [0.05, 0.1) is 17.5 Å². The number of hydrogen-bond donors (Lipinski definition) is 0. The first-order valence-corrected chi connectivity index (χ1v) is 7.14. The molecule has 0 amide bonds. The molecule has 0 radical (unpaired) electrons. The average molecular weight is 315 g/mol. The molecule has 0 spiro atoms. The molecule has 0 saturated heterocycles. The van der Waals surface area contributed by atoms with Gasteiger partial charge in [0.25, 0.3) is 6.43 Å². The Morgan fingerprint density at radius 2 is 1.91 bits per heavy atom. The first kappa shape index (κ1) is 15.3. The minimum absolute atomic E-state index is 0.156. The van der Waals surface area contributed by atoms with Gasteiger partial charge in [0, 0.05) is 5.56 Å². The number of Topliss-reactive ketones (excluding diaryl/α,β-unsaturated/α-hetero) is 1. The lowest BCUT2D eigenvalue weighted by Gasteiger charge is -2.09. The van der Waals surface area contributed by atoms with Crippen LogP contribution >= 0.6 is 0 Å². The van der Waals surface area contributed by atoms with Gasteiger partial charge in [0.2, 0.25) is 0 Å². The zero-order chi connectivity index (χ0) is 16.7. The van der Waals surface area contributed by atoms with Crippen molar-refractivity contribution in [3.8, 4) is 11.3 Å². The van der Waals surface area contributed by atoms with E-state index in [1.54, 1.807) is 0 Å². The van der Waals surface area contributed by atoms with Gasteiger partial charge >= 0.3 is 0 Å². The predicted octanol–water partition coefficient (Wildman–Crippen LogP) is 4.15. The molecule has 0 fully saturated rings. The number of ketones is 1. The number of nitrogens with zero attached hydrogens (tertiary/aromatic N) is 3. The van der Waals surface area contributed by atoms with Crippen molar-refractivity contribution in [2.75, 3.05) is 0 Å². The van der Waals surface area contributed by atoms with Gasteiger partial charge in [-0.1, -0.05) is 12.1 Å². The fraction of sp³-hybridized carbons (Fsp3) is 0.235. The summed E-state index contributed by atoms with van der Waals surface area (Å²) in [6.07, 6.45) is -1.44. The number of carbonyl (C=O) groups excluding carboxylic acids is 1. The summed E-state index contributed by atoms with van der Waals surface area (Å²) in [5.74, 6) is -0.259. The van der Waals surface area contributed by atoms with Gasteiger partial charge in [-0.3, -0.25) is 4.79 Å². The maximum Gasteiger partial charge on any atom is 0.280 e. The van der Waals surface area contributed by atoms with Crippen molar-refractivity contribution in [1.29, 1.82) is 0 Å². The largest absolute Gasteiger partial charge is 0.294 e. The highest BCUT2D eigenvalue weighted by atomic mass is 19.3. The van der Waals surface area contributed by atoms with Gasteiger partial charge < -0.3 is 0 Å². The van der Waals surface area contributed by atoms with Crippen LogP contribution in [-0.4, -0.2) is 20.4 Å². The van der Waals surface area contributed by atoms with Crippen molar-refractivity contribution in [2.24, 2.45) is 0 Å². The lowest BCUT2D eigenvalue weighted by atomic mass is 10.0. The average Bonchev–Trinajstić information content (AvgIpc) is 2.92. The third-order valence-corrected chi connectivity index (χ3v) is 3.90. The topological polar surface area (TPSA) is 47.3 Å². The highest BCUT2D eigenvalue weighted by molar-refractivity contribution is 5.99. The number of benzene rings is 1. The molecule has 3 rings (SSSR count). The van der Waals surface area contributed by atoms with Gasteiger partial charge in [-0.25, -0.2) is 18.3 Å². The van der Waals surface area contributed by atoms with E-state index in [1.807, 2.05) is 32.0 Å². The van der Waals surface area contributed by atoms with Crippen molar-refractivity contribution >= 4 is 11.4 Å². The third kappa shape index (κ3) is 2.60. The van der Waals surface area contributed by atoms with Crippen LogP contribution < -0.4 is 0 Å². The Balaban J connectivity index is 2.30. The van der Waals surface area contributed by atoms with Crippen LogP contribution in [0.5, 0.6) is 0 Å². The quantitative estimate of drug-likeness (QED) is 0.682. The Morgan fingerprint density at radius 3 is 2.52 bits per heavy atom. The molecular weight excluding hydrogens is 300 g/mol. The van der Waals surface area contributed by atoms with E-state index in [1.165, 1.54) is 19.2 Å². The number of carbonyl (C=O) groups is 1. The maximum atomic E-state index is 13.4. The molecule has 0 N–H and O–H groups in total. The molecule has 3 aromatic rings. The van der Waals surface area contributed by atoms with Crippen molar-refractivity contribution in [2.45, 2.75) is 27.2 Å². The monoisotopic (exact) mass is 315 g/mol. The van der Waals surface area contributed by atoms with Crippen LogP contribution in [0, 0.1) is 13.8 Å². The molecule has 0 aliphatic carbocycles. The molecule has 1 aromatic carbocycles. The first-order chi connectivity index (χ1) is 10.9. The van der Waals surface area contributed by atoms with Crippen molar-refractivity contribution in [3.63, 3.8) is 0 Å². The molecule has 6 heteroatoms. The zero-order valence-corrected chi connectivity index (χ0v) is 13.0. The van der Waals surface area contributed by atoms with Gasteiger partial charge in [0.1, 0.15) is 5.69 Å². The lowest BCUT2D eigenvalue weighted by Crippen LogP contribution is -2.04. The van der Waals surface area contributed by atoms with E-state index in [0.717, 1.165) is 21.2 Å². The second kappa shape index (κ2) is 5.53. The van der Waals surface area contributed by atoms with E-state index in [9.17, 15) is 13.6 Å². The third-order valence-electron chi connectivity index (χ3n) is 3.90. The molecule has 2 heterocycles. The van der Waals surface area contributed by atoms with E-state index >= 15 is 0 Å². The summed E-state index contributed by atoms with van der Waals surface area (Å²) in [5.41, 5.74) is 3.39. The second-order valence-corrected chi connectivity index (χ2v) is 5.52. The standard InChI is InChI=1S/C17H15F2N3O/c1-9-4-5-12(6-10(9)2)14-7-15(16(18)19)22-17(21-14)13(8-20-22)11(3)23/h4-8,16H,1-3H3. The number of hydrogen-bond acceptors (Lipinski definition) is 3. The van der Waals surface area contributed by atoms with Crippen molar-refractivity contribution in [1.82, 2.24) is 14.6 Å². The summed E-state index contributed by atoms with van der Waals surface area (Å²) >= 11 is 0. The predicted molar refractivity (Wildman–Crippen MR) is 82.9 cm³/mol. The molecule has 0 aliphatic rings. The Labute approximate surface area is 131 Å². The summed E-state index contributed by atoms with van der Waals surface area (Å²) in [6.45, 7) is 5.29. The second-order valence-electron chi connectivity index (χ2n) is 5.52. The van der Waals surface area contributed by atoms with Gasteiger partial charge in [0.15, 0.2) is 11.4 Å². The van der Waals surface area contributed by atoms with Crippen LogP contribution in [0.15, 0.2) is 30.5 Å². The summed E-state index contributed by atoms with van der Waals surface area (Å²) in [5, 5.41) is 3.88. The van der Waals surface area contributed by atoms with E-state index in [4.69, 9.17) is 0 Å². The van der Waals surface area contributed by atoms with Crippen LogP contribution in [-0.2, 0) is 0 Å². The van der Waals surface area contributed by atoms with E-state index in [-0.39, 0.29) is 22.7 Å². The van der Waals surface area contributed by atoms with Gasteiger partial charge in [-0.15, -0.1) is 0 Å². The molecule has 0 unspecified atom stereocenters. The summed E-state index contributed by atoms with van der Waals surface area (Å²) in [7, 11) is 0. The molecule has 0 aliphatic heterocycles. The zero-order valence-electron chi connectivity index (χ0n) is 13.0. The fourth-order valence-corrected chi connectivity index (χ4v) is 2.44. The summed E-state index contributed by atoms with van der Waals surface area (Å²) in [4.78, 5) is 16.1. The molecule has 4 nitrogen and oxygen atoms in total. The van der Waals surface area contributed by atoms with Crippen LogP contribution in [0.3, 0.4) is 0 Å². The SMILES string of the molecule is CC(=O)c1cnn2c(C(F)F)cc(-c3ccc(C)c(C)c3)nc12. The fourth-order valence-electron chi connectivity index (χ4n) is 2.44. The molecule has 118 valence electrons. The Bertz CT molecular complexity index is 916. The minimum atomic E-state index is -2.72. The van der Waals surface area contributed by atoms with Gasteiger partial charge in [-0.05, 0) is 44.0 Å². The number of aromatic nitrogens is 3. The van der Waals surface area contributed by atoms with Crippen LogP contribution in [0.2, 0.25) is 0 Å². The van der Waals surface area contributed by atoms with Crippen LogP contribution in [0.25, 0.3) is 16.9 Å². The molecular formula is C17H15F2N3O. The normalized spacial score (nSPS) is 11.4. The van der Waals surface area contributed by atoms with Crippen LogP contribution in [0.4, 0.5) is 8.78 Å². The highest BCUT2D eigenvalue weighted by Crippen LogP contribution is 2.27. The Kier molecular flexibility index (Phi) is 3.67. The molecule has 0 bridgehead atoms. The van der Waals surface area contributed by atoms with E-state index in [2.05, 4.69) is 10.1 Å². The number of aryl methyl sites for hydroxylation is 2. The number of fused-ring (bicyclic) bond motifs is 1. The number of halogens is 2. The van der Waals surface area contributed by atoms with Crippen LogP contribution in [0.1, 0.15) is 40.5 Å². The highest BCUT2D eigenvalue weighted by Gasteiger charge is 2.20. The molecule has 0 atom stereocenters. The summed E-state index contributed by atoms with van der Waals surface area (Å²) < 4.78 is 27.8. The van der Waals surface area contributed by atoms with Gasteiger partial charge in [-0.2, -0.15) is 5.10 Å². The smallest absolute Gasteiger partial charge is 0.280 e. The lowest BCUT2D eigenvalue weighted by molar-refractivity contribution is 0.101. The first-order valence-electron chi connectivity index (χ1n) is 7.14. The van der Waals surface area contributed by atoms with E-state index < -0.39 is 6.43 Å². The molecule has 23 heavy (non-hydrogen) atoms.